The van der Waals surface area contributed by atoms with Crippen molar-refractivity contribution in [1.82, 2.24) is 10.3 Å². The summed E-state index contributed by atoms with van der Waals surface area (Å²) >= 11 is 0. The molecule has 7 nitrogen and oxygen atoms in total. The molecule has 1 heterocycles. The Balaban J connectivity index is 1.83. The Hall–Kier alpha value is -3.09. The van der Waals surface area contributed by atoms with E-state index in [0.29, 0.717) is 6.61 Å². The first-order valence-corrected chi connectivity index (χ1v) is 6.68. The predicted octanol–water partition coefficient (Wildman–Crippen LogP) is 1.95. The number of anilines is 1. The van der Waals surface area contributed by atoms with Gasteiger partial charge in [-0.25, -0.2) is 4.63 Å². The molecule has 2 aromatic carbocycles. The molecule has 0 amide bonds. The number of nitrogens with two attached hydrogens (primary N) is 2. The smallest absolute Gasteiger partial charge is 0.199 e. The first-order valence-electron chi connectivity index (χ1n) is 6.68. The Bertz CT molecular complexity index is 841. The predicted molar refractivity (Wildman–Crippen MR) is 82.9 cm³/mol. The maximum Gasteiger partial charge on any atom is 0.199 e. The van der Waals surface area contributed by atoms with E-state index in [2.05, 4.69) is 32.2 Å². The van der Waals surface area contributed by atoms with Crippen LogP contribution in [0.4, 0.5) is 5.82 Å². The molecule has 0 bridgehead atoms. The van der Waals surface area contributed by atoms with Gasteiger partial charge in [0.05, 0.1) is 0 Å². The van der Waals surface area contributed by atoms with Crippen molar-refractivity contribution in [2.45, 2.75) is 13.5 Å². The van der Waals surface area contributed by atoms with Crippen molar-refractivity contribution in [3.63, 3.8) is 0 Å². The van der Waals surface area contributed by atoms with Crippen LogP contribution in [0.3, 0.4) is 0 Å². The molecule has 0 radical (unpaired) electrons. The summed E-state index contributed by atoms with van der Waals surface area (Å²) < 4.78 is 4.47. The van der Waals surface area contributed by atoms with E-state index in [0.717, 1.165) is 21.9 Å². The van der Waals surface area contributed by atoms with E-state index in [4.69, 9.17) is 16.3 Å². The Morgan fingerprint density at radius 1 is 1.23 bits per heavy atom. The van der Waals surface area contributed by atoms with Gasteiger partial charge >= 0.3 is 0 Å². The molecule has 0 saturated heterocycles. The van der Waals surface area contributed by atoms with E-state index in [1.165, 1.54) is 0 Å². The summed E-state index contributed by atoms with van der Waals surface area (Å²) in [7, 11) is 0. The van der Waals surface area contributed by atoms with Crippen LogP contribution in [-0.2, 0) is 11.4 Å². The number of hydrogen-bond donors (Lipinski definition) is 2. The molecule has 0 atom stereocenters. The lowest BCUT2D eigenvalue weighted by atomic mass is 10.0. The lowest BCUT2D eigenvalue weighted by Crippen LogP contribution is -2.16. The largest absolute Gasteiger partial charge is 0.389 e. The van der Waals surface area contributed by atoms with Crippen molar-refractivity contribution < 1.29 is 9.47 Å². The first-order chi connectivity index (χ1) is 10.7. The van der Waals surface area contributed by atoms with E-state index in [-0.39, 0.29) is 17.3 Å². The number of rotatable bonds is 4. The molecular formula is C15H15N5O2. The normalized spacial score (nSPS) is 11.8. The van der Waals surface area contributed by atoms with E-state index >= 15 is 0 Å². The fraction of sp³-hybridized carbons (Fsp3) is 0.133. The van der Waals surface area contributed by atoms with Crippen LogP contribution in [0, 0.1) is 6.92 Å². The number of nitrogen functional groups attached to an aromatic ring is 1. The highest BCUT2D eigenvalue weighted by molar-refractivity contribution is 5.98. The van der Waals surface area contributed by atoms with Crippen molar-refractivity contribution in [3.8, 4) is 0 Å². The number of aryl methyl sites for hydroxylation is 1. The minimum absolute atomic E-state index is 0.0247. The zero-order chi connectivity index (χ0) is 15.5. The lowest BCUT2D eigenvalue weighted by molar-refractivity contribution is 0.130. The summed E-state index contributed by atoms with van der Waals surface area (Å²) in [6.45, 7) is 2.32. The average Bonchev–Trinajstić information content (AvgIpc) is 2.95. The van der Waals surface area contributed by atoms with Crippen molar-refractivity contribution in [1.29, 1.82) is 0 Å². The van der Waals surface area contributed by atoms with Gasteiger partial charge in [0.25, 0.3) is 0 Å². The highest BCUT2D eigenvalue weighted by atomic mass is 16.6. The zero-order valence-electron chi connectivity index (χ0n) is 12.0. The molecule has 112 valence electrons. The fourth-order valence-corrected chi connectivity index (χ4v) is 2.22. The van der Waals surface area contributed by atoms with Gasteiger partial charge in [0.2, 0.25) is 0 Å². The molecule has 0 fully saturated rings. The second-order valence-corrected chi connectivity index (χ2v) is 4.83. The summed E-state index contributed by atoms with van der Waals surface area (Å²) in [6.07, 6.45) is 0. The van der Waals surface area contributed by atoms with Gasteiger partial charge in [-0.05, 0) is 33.6 Å². The lowest BCUT2D eigenvalue weighted by Gasteiger charge is -2.09. The second kappa shape index (κ2) is 5.72. The highest BCUT2D eigenvalue weighted by Gasteiger charge is 2.11. The molecule has 7 heteroatoms. The standard InChI is InChI=1S/C15H15N5O2/c1-9-6-7-10-4-2-3-5-11(10)12(9)8-21-19-14(16)13-15(17)20-22-18-13/h2-7H,8H2,1H3,(H2,16,19)(H2,17,20). The third-order valence-corrected chi connectivity index (χ3v) is 3.40. The first kappa shape index (κ1) is 13.9. The van der Waals surface area contributed by atoms with Gasteiger partial charge in [-0.15, -0.1) is 0 Å². The van der Waals surface area contributed by atoms with Crippen molar-refractivity contribution in [2.75, 3.05) is 5.73 Å². The summed E-state index contributed by atoms with van der Waals surface area (Å²) in [5.74, 6) is 0.0998. The molecule has 3 rings (SSSR count). The third kappa shape index (κ3) is 2.56. The van der Waals surface area contributed by atoms with Gasteiger partial charge in [0.1, 0.15) is 6.61 Å². The van der Waals surface area contributed by atoms with Gasteiger partial charge in [0, 0.05) is 5.56 Å². The topological polar surface area (TPSA) is 113 Å². The molecule has 22 heavy (non-hydrogen) atoms. The van der Waals surface area contributed by atoms with Crippen molar-refractivity contribution >= 4 is 22.4 Å². The molecule has 0 saturated carbocycles. The van der Waals surface area contributed by atoms with Gasteiger partial charge < -0.3 is 16.3 Å². The summed E-state index contributed by atoms with van der Waals surface area (Å²) in [5, 5.41) is 13.1. The number of benzene rings is 2. The maximum atomic E-state index is 5.74. The summed E-state index contributed by atoms with van der Waals surface area (Å²) in [4.78, 5) is 5.35. The molecular weight excluding hydrogens is 282 g/mol. The van der Waals surface area contributed by atoms with E-state index < -0.39 is 0 Å². The zero-order valence-corrected chi connectivity index (χ0v) is 12.0. The highest BCUT2D eigenvalue weighted by Crippen LogP contribution is 2.23. The van der Waals surface area contributed by atoms with Crippen molar-refractivity contribution in [3.05, 3.63) is 53.2 Å². The van der Waals surface area contributed by atoms with Crippen LogP contribution in [0.1, 0.15) is 16.8 Å². The summed E-state index contributed by atoms with van der Waals surface area (Å²) in [6, 6.07) is 12.2. The van der Waals surface area contributed by atoms with Crippen LogP contribution < -0.4 is 11.5 Å². The minimum Gasteiger partial charge on any atom is -0.389 e. The van der Waals surface area contributed by atoms with E-state index in [1.54, 1.807) is 0 Å². The van der Waals surface area contributed by atoms with Gasteiger partial charge in [0.15, 0.2) is 17.3 Å². The molecule has 0 aliphatic carbocycles. The monoisotopic (exact) mass is 297 g/mol. The quantitative estimate of drug-likeness (QED) is 0.432. The van der Waals surface area contributed by atoms with Crippen molar-refractivity contribution in [2.24, 2.45) is 10.9 Å². The Morgan fingerprint density at radius 3 is 2.82 bits per heavy atom. The third-order valence-electron chi connectivity index (χ3n) is 3.40. The Kier molecular flexibility index (Phi) is 3.61. The molecule has 4 N–H and O–H groups in total. The van der Waals surface area contributed by atoms with Gasteiger partial charge in [-0.2, -0.15) is 0 Å². The van der Waals surface area contributed by atoms with E-state index in [1.807, 2.05) is 31.2 Å². The van der Waals surface area contributed by atoms with Crippen LogP contribution in [-0.4, -0.2) is 16.1 Å². The molecule has 3 aromatic rings. The molecule has 0 aliphatic rings. The van der Waals surface area contributed by atoms with Crippen LogP contribution >= 0.6 is 0 Å². The second-order valence-electron chi connectivity index (χ2n) is 4.83. The van der Waals surface area contributed by atoms with Crippen LogP contribution in [0.5, 0.6) is 0 Å². The number of hydrogen-bond acceptors (Lipinski definition) is 6. The number of aromatic nitrogens is 2. The number of fused-ring (bicyclic) bond motifs is 1. The Morgan fingerprint density at radius 2 is 2.05 bits per heavy atom. The SMILES string of the molecule is Cc1ccc2ccccc2c1CO/N=C(/N)c1nonc1N. The molecule has 1 aromatic heterocycles. The average molecular weight is 297 g/mol. The van der Waals surface area contributed by atoms with Crippen LogP contribution in [0.15, 0.2) is 46.2 Å². The summed E-state index contributed by atoms with van der Waals surface area (Å²) in [5.41, 5.74) is 13.6. The molecule has 0 spiro atoms. The van der Waals surface area contributed by atoms with Gasteiger partial charge in [-0.3, -0.25) is 0 Å². The fourth-order valence-electron chi connectivity index (χ4n) is 2.22. The molecule has 0 aliphatic heterocycles. The molecule has 0 unspecified atom stereocenters. The van der Waals surface area contributed by atoms with Gasteiger partial charge in [-0.1, -0.05) is 41.6 Å². The number of amidine groups is 1. The van der Waals surface area contributed by atoms with Crippen LogP contribution in [0.2, 0.25) is 0 Å². The minimum atomic E-state index is 0.0247. The number of nitrogens with zero attached hydrogens (tertiary/aromatic N) is 3. The van der Waals surface area contributed by atoms with E-state index in [9.17, 15) is 0 Å². The Labute approximate surface area is 126 Å². The van der Waals surface area contributed by atoms with Crippen LogP contribution in [0.25, 0.3) is 10.8 Å². The maximum absolute atomic E-state index is 5.74. The number of oxime groups is 1.